The fraction of sp³-hybridized carbons (Fsp3) is 0.529. The minimum Gasteiger partial charge on any atom is -0.472 e. The van der Waals surface area contributed by atoms with Crippen LogP contribution in [0.2, 0.25) is 0 Å². The highest BCUT2D eigenvalue weighted by atomic mass is 16.3. The van der Waals surface area contributed by atoms with Crippen LogP contribution in [0.3, 0.4) is 0 Å². The summed E-state index contributed by atoms with van der Waals surface area (Å²) in [5.41, 5.74) is 1.56. The molecule has 120 valence electrons. The Bertz CT molecular complexity index is 528. The van der Waals surface area contributed by atoms with E-state index in [0.29, 0.717) is 31.7 Å². The molecule has 5 heteroatoms. The standard InChI is InChI=1S/C17H24N2O3/c1-4-18(11-13(2)3)16(20)14-5-8-19(9-6-14)17(21)15-7-10-22-12-15/h7,10,12,14H,2,4-6,8-9,11H2,1,3H3. The first kappa shape index (κ1) is 16.3. The molecule has 0 radical (unpaired) electrons. The number of amides is 2. The van der Waals surface area contributed by atoms with E-state index in [1.165, 1.54) is 12.5 Å². The lowest BCUT2D eigenvalue weighted by atomic mass is 9.94. The van der Waals surface area contributed by atoms with Crippen LogP contribution in [0.15, 0.2) is 35.2 Å². The Labute approximate surface area is 131 Å². The Balaban J connectivity index is 1.90. The molecule has 1 fully saturated rings. The first-order valence-electron chi connectivity index (χ1n) is 7.77. The van der Waals surface area contributed by atoms with E-state index in [-0.39, 0.29) is 17.7 Å². The lowest BCUT2D eigenvalue weighted by molar-refractivity contribution is -0.136. The molecular formula is C17H24N2O3. The van der Waals surface area contributed by atoms with Gasteiger partial charge in [0.15, 0.2) is 0 Å². The maximum absolute atomic E-state index is 12.5. The Kier molecular flexibility index (Phi) is 5.41. The minimum atomic E-state index is -0.0195. The van der Waals surface area contributed by atoms with Crippen LogP contribution in [0.4, 0.5) is 0 Å². The first-order valence-corrected chi connectivity index (χ1v) is 7.77. The SMILES string of the molecule is C=C(C)CN(CC)C(=O)C1CCN(C(=O)c2ccoc2)CC1. The predicted octanol–water partition coefficient (Wildman–Crippen LogP) is 2.56. The Morgan fingerprint density at radius 3 is 2.59 bits per heavy atom. The normalized spacial score (nSPS) is 15.6. The van der Waals surface area contributed by atoms with E-state index >= 15 is 0 Å². The number of rotatable bonds is 5. The molecule has 2 amide bonds. The van der Waals surface area contributed by atoms with E-state index < -0.39 is 0 Å². The van der Waals surface area contributed by atoms with Gasteiger partial charge in [0.2, 0.25) is 5.91 Å². The van der Waals surface area contributed by atoms with Gasteiger partial charge in [0, 0.05) is 32.1 Å². The predicted molar refractivity (Wildman–Crippen MR) is 84.4 cm³/mol. The number of carbonyl (C=O) groups excluding carboxylic acids is 2. The molecule has 2 rings (SSSR count). The van der Waals surface area contributed by atoms with Gasteiger partial charge < -0.3 is 14.2 Å². The summed E-state index contributed by atoms with van der Waals surface area (Å²) >= 11 is 0. The van der Waals surface area contributed by atoms with Gasteiger partial charge in [-0.1, -0.05) is 12.2 Å². The van der Waals surface area contributed by atoms with Crippen molar-refractivity contribution in [2.45, 2.75) is 26.7 Å². The number of carbonyl (C=O) groups is 2. The zero-order valence-electron chi connectivity index (χ0n) is 13.4. The summed E-state index contributed by atoms with van der Waals surface area (Å²) in [5, 5.41) is 0. The second kappa shape index (κ2) is 7.29. The van der Waals surface area contributed by atoms with Crippen LogP contribution in [0.1, 0.15) is 37.0 Å². The van der Waals surface area contributed by atoms with E-state index in [0.717, 1.165) is 18.4 Å². The second-order valence-corrected chi connectivity index (χ2v) is 5.89. The van der Waals surface area contributed by atoms with E-state index in [2.05, 4.69) is 6.58 Å². The van der Waals surface area contributed by atoms with Crippen LogP contribution in [0.5, 0.6) is 0 Å². The van der Waals surface area contributed by atoms with Crippen molar-refractivity contribution in [3.05, 3.63) is 36.3 Å². The smallest absolute Gasteiger partial charge is 0.257 e. The molecule has 0 bridgehead atoms. The van der Waals surface area contributed by atoms with E-state index in [4.69, 9.17) is 4.42 Å². The van der Waals surface area contributed by atoms with Crippen molar-refractivity contribution in [2.24, 2.45) is 5.92 Å². The van der Waals surface area contributed by atoms with Crippen molar-refractivity contribution in [3.63, 3.8) is 0 Å². The first-order chi connectivity index (χ1) is 10.5. The number of hydrogen-bond acceptors (Lipinski definition) is 3. The molecule has 22 heavy (non-hydrogen) atoms. The van der Waals surface area contributed by atoms with Crippen LogP contribution >= 0.6 is 0 Å². The maximum Gasteiger partial charge on any atom is 0.257 e. The highest BCUT2D eigenvalue weighted by Crippen LogP contribution is 2.21. The molecule has 1 aliphatic rings. The Morgan fingerprint density at radius 2 is 2.09 bits per heavy atom. The van der Waals surface area contributed by atoms with E-state index in [1.807, 2.05) is 18.7 Å². The summed E-state index contributed by atoms with van der Waals surface area (Å²) in [6, 6.07) is 1.67. The topological polar surface area (TPSA) is 53.8 Å². The zero-order chi connectivity index (χ0) is 16.1. The Morgan fingerprint density at radius 1 is 1.41 bits per heavy atom. The third-order valence-corrected chi connectivity index (χ3v) is 4.05. The quantitative estimate of drug-likeness (QED) is 0.786. The van der Waals surface area contributed by atoms with Crippen LogP contribution in [-0.4, -0.2) is 47.8 Å². The molecule has 0 spiro atoms. The second-order valence-electron chi connectivity index (χ2n) is 5.89. The molecule has 0 atom stereocenters. The van der Waals surface area contributed by atoms with Crippen molar-refractivity contribution in [3.8, 4) is 0 Å². The van der Waals surface area contributed by atoms with Gasteiger partial charge in [-0.3, -0.25) is 9.59 Å². The molecule has 1 saturated heterocycles. The highest BCUT2D eigenvalue weighted by molar-refractivity contribution is 5.94. The molecule has 1 aromatic heterocycles. The average molecular weight is 304 g/mol. The summed E-state index contributed by atoms with van der Waals surface area (Å²) in [5.74, 6) is 0.169. The van der Waals surface area contributed by atoms with Gasteiger partial charge in [-0.15, -0.1) is 0 Å². The van der Waals surface area contributed by atoms with Gasteiger partial charge in [-0.05, 0) is 32.8 Å². The van der Waals surface area contributed by atoms with E-state index in [1.54, 1.807) is 11.0 Å². The highest BCUT2D eigenvalue weighted by Gasteiger charge is 2.30. The summed E-state index contributed by atoms with van der Waals surface area (Å²) in [7, 11) is 0. The van der Waals surface area contributed by atoms with Crippen LogP contribution in [-0.2, 0) is 4.79 Å². The van der Waals surface area contributed by atoms with Gasteiger partial charge in [-0.25, -0.2) is 0 Å². The molecule has 0 N–H and O–H groups in total. The molecule has 1 aliphatic heterocycles. The van der Waals surface area contributed by atoms with Crippen LogP contribution in [0.25, 0.3) is 0 Å². The molecule has 0 unspecified atom stereocenters. The number of nitrogens with zero attached hydrogens (tertiary/aromatic N) is 2. The van der Waals surface area contributed by atoms with Crippen molar-refractivity contribution in [2.75, 3.05) is 26.2 Å². The molecule has 1 aromatic rings. The number of likely N-dealkylation sites (tertiary alicyclic amines) is 1. The fourth-order valence-corrected chi connectivity index (χ4v) is 2.83. The summed E-state index contributed by atoms with van der Waals surface area (Å²) in [6.07, 6.45) is 4.40. The van der Waals surface area contributed by atoms with Gasteiger partial charge in [0.1, 0.15) is 6.26 Å². The molecule has 0 aliphatic carbocycles. The van der Waals surface area contributed by atoms with Crippen molar-refractivity contribution in [1.82, 2.24) is 9.80 Å². The van der Waals surface area contributed by atoms with Gasteiger partial charge in [0.05, 0.1) is 11.8 Å². The summed E-state index contributed by atoms with van der Waals surface area (Å²) in [4.78, 5) is 28.4. The van der Waals surface area contributed by atoms with Crippen molar-refractivity contribution < 1.29 is 14.0 Å². The van der Waals surface area contributed by atoms with Gasteiger partial charge in [0.25, 0.3) is 5.91 Å². The molecule has 0 saturated carbocycles. The van der Waals surface area contributed by atoms with Crippen molar-refractivity contribution in [1.29, 1.82) is 0 Å². The lowest BCUT2D eigenvalue weighted by Gasteiger charge is -2.34. The largest absolute Gasteiger partial charge is 0.472 e. The Hall–Kier alpha value is -2.04. The zero-order valence-corrected chi connectivity index (χ0v) is 13.4. The van der Waals surface area contributed by atoms with Crippen LogP contribution in [0, 0.1) is 5.92 Å². The third kappa shape index (κ3) is 3.78. The third-order valence-electron chi connectivity index (χ3n) is 4.05. The van der Waals surface area contributed by atoms with Gasteiger partial charge in [-0.2, -0.15) is 0 Å². The number of furan rings is 1. The van der Waals surface area contributed by atoms with Crippen LogP contribution < -0.4 is 0 Å². The number of hydrogen-bond donors (Lipinski definition) is 0. The van der Waals surface area contributed by atoms with E-state index in [9.17, 15) is 9.59 Å². The molecule has 2 heterocycles. The summed E-state index contributed by atoms with van der Waals surface area (Å²) in [6.45, 7) is 10.3. The maximum atomic E-state index is 12.5. The molecule has 0 aromatic carbocycles. The van der Waals surface area contributed by atoms with Gasteiger partial charge >= 0.3 is 0 Å². The molecule has 5 nitrogen and oxygen atoms in total. The van der Waals surface area contributed by atoms with Crippen molar-refractivity contribution >= 4 is 11.8 Å². The monoisotopic (exact) mass is 304 g/mol. The number of piperidine rings is 1. The lowest BCUT2D eigenvalue weighted by Crippen LogP contribution is -2.44. The fourth-order valence-electron chi connectivity index (χ4n) is 2.83. The molecular weight excluding hydrogens is 280 g/mol. The summed E-state index contributed by atoms with van der Waals surface area (Å²) < 4.78 is 4.95. The number of likely N-dealkylation sites (N-methyl/N-ethyl adjacent to an activating group) is 1. The minimum absolute atomic E-state index is 0.00713. The average Bonchev–Trinajstić information content (AvgIpc) is 3.05.